The lowest BCUT2D eigenvalue weighted by molar-refractivity contribution is 0.649. The number of aromatic nitrogens is 6. The van der Waals surface area contributed by atoms with E-state index in [4.69, 9.17) is 16.6 Å². The van der Waals surface area contributed by atoms with Crippen LogP contribution in [0.2, 0.25) is 5.15 Å². The first-order valence-corrected chi connectivity index (χ1v) is 10.2. The number of hydrogen-bond acceptors (Lipinski definition) is 6. The maximum Gasteiger partial charge on any atom is 0.267 e. The molecule has 0 atom stereocenters. The number of rotatable bonds is 3. The van der Waals surface area contributed by atoms with E-state index in [-0.39, 0.29) is 12.1 Å². The summed E-state index contributed by atoms with van der Waals surface area (Å²) in [7, 11) is 0. The minimum atomic E-state index is -0.0877. The van der Waals surface area contributed by atoms with Gasteiger partial charge in [0, 0.05) is 6.20 Å². The van der Waals surface area contributed by atoms with Crippen LogP contribution in [-0.4, -0.2) is 29.3 Å². The van der Waals surface area contributed by atoms with Crippen LogP contribution in [0.25, 0.3) is 26.9 Å². The van der Waals surface area contributed by atoms with Gasteiger partial charge in [-0.25, -0.2) is 19.6 Å². The van der Waals surface area contributed by atoms with E-state index in [0.29, 0.717) is 32.2 Å². The lowest BCUT2D eigenvalue weighted by atomic mass is 10.2. The van der Waals surface area contributed by atoms with E-state index in [9.17, 15) is 4.79 Å². The predicted molar refractivity (Wildman–Crippen MR) is 114 cm³/mol. The molecule has 0 bridgehead atoms. The average molecular weight is 423 g/mol. The first-order valence-electron chi connectivity index (χ1n) is 8.92. The molecule has 1 aromatic carbocycles. The number of thiophene rings is 1. The van der Waals surface area contributed by atoms with Crippen molar-refractivity contribution < 1.29 is 0 Å². The summed E-state index contributed by atoms with van der Waals surface area (Å²) in [4.78, 5) is 27.3. The van der Waals surface area contributed by atoms with Gasteiger partial charge in [-0.2, -0.15) is 5.10 Å². The summed E-state index contributed by atoms with van der Waals surface area (Å²) in [5.41, 5.74) is 3.21. The van der Waals surface area contributed by atoms with Crippen LogP contribution in [0, 0.1) is 13.8 Å². The van der Waals surface area contributed by atoms with Crippen molar-refractivity contribution in [1.82, 2.24) is 29.3 Å². The third-order valence-electron chi connectivity index (χ3n) is 4.88. The van der Waals surface area contributed by atoms with Gasteiger partial charge in [0.15, 0.2) is 10.8 Å². The standard InChI is InChI=1S/C20H15ClN6OS/c1-11-5-3-4-6-14(11)27-15(24-19-16(20(27)28)12(2)9-29-19)8-26-18-13(17(21)25-26)7-22-10-23-18/h3-7,9-10H,8H2,1-2H3. The quantitative estimate of drug-likeness (QED) is 0.440. The second-order valence-electron chi connectivity index (χ2n) is 6.76. The van der Waals surface area contributed by atoms with Gasteiger partial charge in [-0.05, 0) is 36.4 Å². The van der Waals surface area contributed by atoms with Crippen LogP contribution in [0.3, 0.4) is 0 Å². The van der Waals surface area contributed by atoms with Crippen LogP contribution in [0.4, 0.5) is 0 Å². The number of halogens is 1. The van der Waals surface area contributed by atoms with Gasteiger partial charge in [-0.1, -0.05) is 29.8 Å². The van der Waals surface area contributed by atoms with Gasteiger partial charge in [0.2, 0.25) is 0 Å². The van der Waals surface area contributed by atoms with Crippen molar-refractivity contribution in [1.29, 1.82) is 0 Å². The van der Waals surface area contributed by atoms with Gasteiger partial charge in [-0.3, -0.25) is 9.36 Å². The molecule has 7 nitrogen and oxygen atoms in total. The third-order valence-corrected chi connectivity index (χ3v) is 6.14. The molecule has 0 unspecified atom stereocenters. The van der Waals surface area contributed by atoms with Crippen LogP contribution < -0.4 is 5.56 Å². The summed E-state index contributed by atoms with van der Waals surface area (Å²) >= 11 is 7.72. The fraction of sp³-hybridized carbons (Fsp3) is 0.150. The summed E-state index contributed by atoms with van der Waals surface area (Å²) in [6.07, 6.45) is 3.08. The lowest BCUT2D eigenvalue weighted by Crippen LogP contribution is -2.26. The number of hydrogen-bond donors (Lipinski definition) is 0. The Kier molecular flexibility index (Phi) is 4.18. The minimum absolute atomic E-state index is 0.0877. The van der Waals surface area contributed by atoms with Crippen molar-refractivity contribution in [2.75, 3.05) is 0 Å². The van der Waals surface area contributed by atoms with Gasteiger partial charge in [0.1, 0.15) is 23.5 Å². The van der Waals surface area contributed by atoms with E-state index < -0.39 is 0 Å². The van der Waals surface area contributed by atoms with E-state index in [2.05, 4.69) is 15.1 Å². The van der Waals surface area contributed by atoms with E-state index in [1.807, 2.05) is 43.5 Å². The second kappa shape index (κ2) is 6.75. The molecular formula is C20H15ClN6OS. The van der Waals surface area contributed by atoms with Crippen LogP contribution in [0.15, 0.2) is 47.0 Å². The Bertz CT molecular complexity index is 1450. The Balaban J connectivity index is 1.80. The highest BCUT2D eigenvalue weighted by molar-refractivity contribution is 7.16. The molecule has 5 rings (SSSR count). The fourth-order valence-corrected chi connectivity index (χ4v) is 4.62. The van der Waals surface area contributed by atoms with Crippen molar-refractivity contribution in [3.63, 3.8) is 0 Å². The van der Waals surface area contributed by atoms with E-state index in [1.54, 1.807) is 15.4 Å². The fourth-order valence-electron chi connectivity index (χ4n) is 3.46. The molecule has 29 heavy (non-hydrogen) atoms. The van der Waals surface area contributed by atoms with Crippen LogP contribution in [0.1, 0.15) is 17.0 Å². The number of aryl methyl sites for hydroxylation is 2. The zero-order valence-corrected chi connectivity index (χ0v) is 17.2. The van der Waals surface area contributed by atoms with Crippen molar-refractivity contribution in [3.8, 4) is 5.69 Å². The van der Waals surface area contributed by atoms with Crippen LogP contribution in [-0.2, 0) is 6.54 Å². The Morgan fingerprint density at radius 2 is 2.00 bits per heavy atom. The predicted octanol–water partition coefficient (Wildman–Crippen LogP) is 3.91. The molecule has 0 amide bonds. The normalized spacial score (nSPS) is 11.6. The van der Waals surface area contributed by atoms with Gasteiger partial charge >= 0.3 is 0 Å². The number of para-hydroxylation sites is 1. The summed E-state index contributed by atoms with van der Waals surface area (Å²) in [5.74, 6) is 0.568. The molecule has 0 spiro atoms. The molecule has 5 aromatic rings. The third kappa shape index (κ3) is 2.83. The summed E-state index contributed by atoms with van der Waals surface area (Å²) in [6, 6.07) is 7.76. The number of benzene rings is 1. The molecule has 0 N–H and O–H groups in total. The highest BCUT2D eigenvalue weighted by atomic mass is 35.5. The summed E-state index contributed by atoms with van der Waals surface area (Å²) in [6.45, 7) is 4.15. The summed E-state index contributed by atoms with van der Waals surface area (Å²) in [5, 5.41) is 7.96. The molecule has 0 fully saturated rings. The highest BCUT2D eigenvalue weighted by Crippen LogP contribution is 2.25. The van der Waals surface area contributed by atoms with E-state index >= 15 is 0 Å². The first-order chi connectivity index (χ1) is 14.0. The van der Waals surface area contributed by atoms with Gasteiger partial charge in [-0.15, -0.1) is 11.3 Å². The molecule has 0 saturated carbocycles. The molecule has 0 aliphatic heterocycles. The maximum atomic E-state index is 13.5. The van der Waals surface area contributed by atoms with Gasteiger partial charge in [0.25, 0.3) is 5.56 Å². The SMILES string of the molecule is Cc1ccccc1-n1c(Cn2nc(Cl)c3cncnc32)nc2scc(C)c2c1=O. The van der Waals surface area contributed by atoms with Gasteiger partial charge in [0.05, 0.1) is 16.5 Å². The molecule has 4 aromatic heterocycles. The molecule has 0 aliphatic carbocycles. The first kappa shape index (κ1) is 18.0. The molecule has 4 heterocycles. The van der Waals surface area contributed by atoms with E-state index in [0.717, 1.165) is 16.8 Å². The zero-order chi connectivity index (χ0) is 20.1. The molecule has 9 heteroatoms. The van der Waals surface area contributed by atoms with Crippen molar-refractivity contribution >= 4 is 44.2 Å². The maximum absolute atomic E-state index is 13.5. The second-order valence-corrected chi connectivity index (χ2v) is 7.98. The van der Waals surface area contributed by atoms with Crippen molar-refractivity contribution in [2.45, 2.75) is 20.4 Å². The number of nitrogens with zero attached hydrogens (tertiary/aromatic N) is 6. The van der Waals surface area contributed by atoms with Crippen molar-refractivity contribution in [2.24, 2.45) is 0 Å². The Hall–Kier alpha value is -3.10. The summed E-state index contributed by atoms with van der Waals surface area (Å²) < 4.78 is 3.32. The largest absolute Gasteiger partial charge is 0.268 e. The monoisotopic (exact) mass is 422 g/mol. The zero-order valence-electron chi connectivity index (χ0n) is 15.6. The molecular weight excluding hydrogens is 408 g/mol. The molecule has 0 radical (unpaired) electrons. The van der Waals surface area contributed by atoms with Crippen LogP contribution >= 0.6 is 22.9 Å². The highest BCUT2D eigenvalue weighted by Gasteiger charge is 2.19. The van der Waals surface area contributed by atoms with Gasteiger partial charge < -0.3 is 0 Å². The molecule has 0 aliphatic rings. The molecule has 144 valence electrons. The smallest absolute Gasteiger partial charge is 0.267 e. The molecule has 0 saturated heterocycles. The average Bonchev–Trinajstić information content (AvgIpc) is 3.24. The number of fused-ring (bicyclic) bond motifs is 2. The Morgan fingerprint density at radius 3 is 2.83 bits per heavy atom. The topological polar surface area (TPSA) is 78.5 Å². The van der Waals surface area contributed by atoms with Crippen molar-refractivity contribution in [3.05, 3.63) is 74.6 Å². The van der Waals surface area contributed by atoms with E-state index in [1.165, 1.54) is 17.7 Å². The Labute approximate surface area is 174 Å². The minimum Gasteiger partial charge on any atom is -0.268 e. The Morgan fingerprint density at radius 1 is 1.17 bits per heavy atom. The lowest BCUT2D eigenvalue weighted by Gasteiger charge is -2.15. The van der Waals surface area contributed by atoms with Crippen LogP contribution in [0.5, 0.6) is 0 Å².